The fourth-order valence-corrected chi connectivity index (χ4v) is 5.16. The first-order valence-electron chi connectivity index (χ1n) is 11.3. The Morgan fingerprint density at radius 2 is 1.87 bits per heavy atom. The predicted octanol–water partition coefficient (Wildman–Crippen LogP) is 5.09. The molecule has 38 heavy (non-hydrogen) atoms. The van der Waals surface area contributed by atoms with Gasteiger partial charge in [-0.05, 0) is 69.2 Å². The fraction of sp³-hybridized carbons (Fsp3) is 0.417. The highest BCUT2D eigenvalue weighted by Gasteiger charge is 2.51. The first-order valence-corrected chi connectivity index (χ1v) is 12.8. The average molecular weight is 563 g/mol. The highest BCUT2D eigenvalue weighted by molar-refractivity contribution is 7.92. The van der Waals surface area contributed by atoms with E-state index in [-0.39, 0.29) is 40.5 Å². The molecular formula is C24H26F4N2O7S. The average Bonchev–Trinajstić information content (AvgIpc) is 2.79. The number of ether oxygens (including phenoxy) is 2. The van der Waals surface area contributed by atoms with E-state index in [2.05, 4.69) is 10.1 Å². The number of hydrogen-bond donors (Lipinski definition) is 2. The number of aryl methyl sites for hydroxylation is 1. The van der Waals surface area contributed by atoms with Crippen molar-refractivity contribution in [1.82, 2.24) is 0 Å². The van der Waals surface area contributed by atoms with Gasteiger partial charge >= 0.3 is 18.2 Å². The second-order valence-corrected chi connectivity index (χ2v) is 11.2. The molecule has 2 atom stereocenters. The number of amides is 1. The van der Waals surface area contributed by atoms with Gasteiger partial charge < -0.3 is 14.6 Å². The number of aliphatic carboxylic acids is 1. The van der Waals surface area contributed by atoms with Crippen LogP contribution in [0, 0.1) is 18.7 Å². The van der Waals surface area contributed by atoms with Gasteiger partial charge in [0.05, 0.1) is 23.0 Å². The third-order valence-corrected chi connectivity index (χ3v) is 7.70. The first-order chi connectivity index (χ1) is 17.4. The van der Waals surface area contributed by atoms with Crippen molar-refractivity contribution in [2.24, 2.45) is 5.92 Å². The molecule has 14 heteroatoms. The topological polar surface area (TPSA) is 122 Å². The Morgan fingerprint density at radius 1 is 1.21 bits per heavy atom. The van der Waals surface area contributed by atoms with Crippen LogP contribution in [-0.2, 0) is 19.6 Å². The highest BCUT2D eigenvalue weighted by atomic mass is 32.2. The van der Waals surface area contributed by atoms with Crippen LogP contribution >= 0.6 is 0 Å². The third kappa shape index (κ3) is 6.11. The van der Waals surface area contributed by atoms with E-state index in [0.29, 0.717) is 13.8 Å². The zero-order valence-corrected chi connectivity index (χ0v) is 21.6. The summed E-state index contributed by atoms with van der Waals surface area (Å²) in [5.41, 5.74) is -2.89. The quantitative estimate of drug-likeness (QED) is 0.451. The lowest BCUT2D eigenvalue weighted by Gasteiger charge is -2.36. The van der Waals surface area contributed by atoms with Crippen LogP contribution in [0.1, 0.15) is 32.8 Å². The number of carbonyl (C=O) groups is 2. The Balaban J connectivity index is 1.99. The van der Waals surface area contributed by atoms with Gasteiger partial charge in [-0.1, -0.05) is 6.92 Å². The zero-order chi connectivity index (χ0) is 28.6. The van der Waals surface area contributed by atoms with E-state index in [4.69, 9.17) is 4.74 Å². The molecule has 9 nitrogen and oxygen atoms in total. The molecule has 0 unspecified atom stereocenters. The minimum absolute atomic E-state index is 0.0239. The maximum Gasteiger partial charge on any atom is 0.427 e. The number of alkyl halides is 3. The van der Waals surface area contributed by atoms with Gasteiger partial charge in [0.15, 0.2) is 0 Å². The Hall–Kier alpha value is -3.55. The lowest BCUT2D eigenvalue weighted by atomic mass is 10.0. The van der Waals surface area contributed by atoms with E-state index in [1.54, 1.807) is 0 Å². The van der Waals surface area contributed by atoms with Crippen LogP contribution in [0.25, 0.3) is 0 Å². The van der Waals surface area contributed by atoms with E-state index in [1.807, 2.05) is 0 Å². The summed E-state index contributed by atoms with van der Waals surface area (Å²) in [6.07, 6.45) is -7.18. The van der Waals surface area contributed by atoms with Gasteiger partial charge in [0.2, 0.25) is 5.60 Å². The third-order valence-electron chi connectivity index (χ3n) is 5.92. The fourth-order valence-electron chi connectivity index (χ4n) is 3.57. The summed E-state index contributed by atoms with van der Waals surface area (Å²) in [6, 6.07) is 6.91. The number of rotatable bonds is 7. The Kier molecular flexibility index (Phi) is 7.87. The minimum Gasteiger partial charge on any atom is -0.486 e. The molecule has 2 N–H and O–H groups in total. The summed E-state index contributed by atoms with van der Waals surface area (Å²) in [6.45, 7) is 3.84. The van der Waals surface area contributed by atoms with Crippen molar-refractivity contribution < 1.29 is 50.1 Å². The van der Waals surface area contributed by atoms with E-state index < -0.39 is 51.7 Å². The molecule has 0 saturated heterocycles. The van der Waals surface area contributed by atoms with Crippen molar-refractivity contribution >= 4 is 33.5 Å². The molecule has 0 fully saturated rings. The number of nitrogens with zero attached hydrogens (tertiary/aromatic N) is 1. The number of sulfonamides is 1. The molecule has 0 radical (unpaired) electrons. The number of hydrogen-bond acceptors (Lipinski definition) is 6. The van der Waals surface area contributed by atoms with Gasteiger partial charge in [0, 0.05) is 5.69 Å². The van der Waals surface area contributed by atoms with Gasteiger partial charge in [-0.3, -0.25) is 14.4 Å². The molecule has 1 heterocycles. The van der Waals surface area contributed by atoms with Crippen molar-refractivity contribution in [2.45, 2.75) is 56.9 Å². The van der Waals surface area contributed by atoms with Crippen LogP contribution in [-0.4, -0.2) is 50.0 Å². The Labute approximate surface area is 216 Å². The molecule has 208 valence electrons. The molecule has 0 aliphatic carbocycles. The van der Waals surface area contributed by atoms with Crippen LogP contribution in [0.2, 0.25) is 0 Å². The molecule has 2 aromatic rings. The van der Waals surface area contributed by atoms with Crippen LogP contribution in [0.5, 0.6) is 5.75 Å². The normalized spacial score (nSPS) is 16.7. The SMILES string of the molecule is Cc1cc(S(=O)(=O)N2C[C@H](C[C@@H](C)C(=O)O)Oc3ccc(NC(=O)OC(C)(C)C(F)(F)F)cc32)ccc1F. The smallest absolute Gasteiger partial charge is 0.427 e. The minimum atomic E-state index is -4.84. The number of anilines is 2. The van der Waals surface area contributed by atoms with Crippen molar-refractivity contribution in [3.63, 3.8) is 0 Å². The number of benzene rings is 2. The summed E-state index contributed by atoms with van der Waals surface area (Å²) >= 11 is 0. The van der Waals surface area contributed by atoms with Gasteiger partial charge in [0.25, 0.3) is 10.0 Å². The monoisotopic (exact) mass is 562 g/mol. The number of carbonyl (C=O) groups excluding carboxylic acids is 1. The molecule has 2 aromatic carbocycles. The van der Waals surface area contributed by atoms with Crippen LogP contribution < -0.4 is 14.4 Å². The van der Waals surface area contributed by atoms with Gasteiger partial charge in [-0.15, -0.1) is 0 Å². The lowest BCUT2D eigenvalue weighted by molar-refractivity contribution is -0.242. The molecule has 0 saturated carbocycles. The summed E-state index contributed by atoms with van der Waals surface area (Å²) in [7, 11) is -4.35. The maximum absolute atomic E-state index is 13.8. The van der Waals surface area contributed by atoms with Crippen molar-refractivity contribution in [3.8, 4) is 5.75 Å². The standard InChI is InChI=1S/C24H26F4N2O7S/c1-13-10-17(6-7-18(13)25)38(34,35)30-12-16(9-14(2)21(31)32)36-20-8-5-15(11-19(20)30)29-22(33)37-23(3,4)24(26,27)28/h5-8,10-11,14,16H,9,12H2,1-4H3,(H,29,33)(H,31,32)/t14-,16+/m1/s1. The molecule has 1 amide bonds. The van der Waals surface area contributed by atoms with Crippen LogP contribution in [0.15, 0.2) is 41.3 Å². The van der Waals surface area contributed by atoms with Crippen LogP contribution in [0.3, 0.4) is 0 Å². The van der Waals surface area contributed by atoms with Crippen molar-refractivity contribution in [3.05, 3.63) is 47.8 Å². The summed E-state index contributed by atoms with van der Waals surface area (Å²) in [4.78, 5) is 23.3. The van der Waals surface area contributed by atoms with Crippen LogP contribution in [0.4, 0.5) is 33.7 Å². The molecule has 0 spiro atoms. The number of nitrogens with one attached hydrogen (secondary N) is 1. The second-order valence-electron chi connectivity index (χ2n) is 9.37. The van der Waals surface area contributed by atoms with Gasteiger partial charge in [-0.25, -0.2) is 17.6 Å². The predicted molar refractivity (Wildman–Crippen MR) is 128 cm³/mol. The highest BCUT2D eigenvalue weighted by Crippen LogP contribution is 2.40. The molecule has 3 rings (SSSR count). The first kappa shape index (κ1) is 29.0. The van der Waals surface area contributed by atoms with Gasteiger partial charge in [0.1, 0.15) is 17.7 Å². The maximum atomic E-state index is 13.8. The van der Waals surface area contributed by atoms with Crippen molar-refractivity contribution in [2.75, 3.05) is 16.2 Å². The Bertz CT molecular complexity index is 1350. The number of fused-ring (bicyclic) bond motifs is 1. The molecule has 0 aromatic heterocycles. The van der Waals surface area contributed by atoms with Crippen molar-refractivity contribution in [1.29, 1.82) is 0 Å². The second kappa shape index (κ2) is 10.3. The number of halogens is 4. The number of carboxylic acid groups (broad SMARTS) is 1. The Morgan fingerprint density at radius 3 is 2.45 bits per heavy atom. The molecular weight excluding hydrogens is 536 g/mol. The summed E-state index contributed by atoms with van der Waals surface area (Å²) in [5.74, 6) is -2.57. The molecule has 1 aliphatic heterocycles. The molecule has 1 aliphatic rings. The zero-order valence-electron chi connectivity index (χ0n) is 20.8. The largest absolute Gasteiger partial charge is 0.486 e. The molecule has 0 bridgehead atoms. The summed E-state index contributed by atoms with van der Waals surface area (Å²) in [5, 5.41) is 11.4. The summed E-state index contributed by atoms with van der Waals surface area (Å²) < 4.78 is 91.5. The van der Waals surface area contributed by atoms with E-state index in [9.17, 15) is 40.7 Å². The number of carboxylic acids is 1. The van der Waals surface area contributed by atoms with E-state index in [0.717, 1.165) is 22.5 Å². The van der Waals surface area contributed by atoms with Gasteiger partial charge in [-0.2, -0.15) is 13.2 Å². The van der Waals surface area contributed by atoms with E-state index in [1.165, 1.54) is 32.0 Å². The van der Waals surface area contributed by atoms with E-state index >= 15 is 0 Å². The lowest BCUT2D eigenvalue weighted by Crippen LogP contribution is -2.45.